The molecule has 1 aliphatic heterocycles. The summed E-state index contributed by atoms with van der Waals surface area (Å²) in [6.45, 7) is 1.72. The van der Waals surface area contributed by atoms with Gasteiger partial charge in [-0.15, -0.1) is 11.3 Å². The molecule has 3 rings (SSSR count). The number of carbonyl (C=O) groups is 2. The molecule has 0 bridgehead atoms. The molecule has 1 saturated heterocycles. The van der Waals surface area contributed by atoms with Gasteiger partial charge in [-0.05, 0) is 32.1 Å². The van der Waals surface area contributed by atoms with Crippen LogP contribution in [0.25, 0.3) is 0 Å². The van der Waals surface area contributed by atoms with Gasteiger partial charge in [-0.1, -0.05) is 12.8 Å². The quantitative estimate of drug-likeness (QED) is 0.888. The lowest BCUT2D eigenvalue weighted by Gasteiger charge is -2.26. The van der Waals surface area contributed by atoms with Gasteiger partial charge in [-0.2, -0.15) is 0 Å². The lowest BCUT2D eigenvalue weighted by Crippen LogP contribution is -2.36. The summed E-state index contributed by atoms with van der Waals surface area (Å²) in [7, 11) is 0. The molecule has 0 radical (unpaired) electrons. The number of hydrogen-bond acceptors (Lipinski definition) is 4. The second-order valence-corrected chi connectivity index (χ2v) is 7.20. The minimum Gasteiger partial charge on any atom is -0.342 e. The van der Waals surface area contributed by atoms with Crippen molar-refractivity contribution >= 4 is 28.4 Å². The van der Waals surface area contributed by atoms with E-state index in [9.17, 15) is 9.59 Å². The molecule has 0 unspecified atom stereocenters. The number of rotatable bonds is 4. The average molecular weight is 336 g/mol. The van der Waals surface area contributed by atoms with Gasteiger partial charge in [0.1, 0.15) is 0 Å². The standard InChI is InChI=1S/C16H24N4O2S/c21-14(20-8-4-1-5-9-20)10-13-11-23-16(18-13)19-15(22)17-12-6-2-3-7-12/h11-12H,1-10H2,(H2,17,18,19,22). The van der Waals surface area contributed by atoms with Crippen LogP contribution in [0.4, 0.5) is 9.93 Å². The summed E-state index contributed by atoms with van der Waals surface area (Å²) in [6, 6.07) is 0.0928. The number of likely N-dealkylation sites (tertiary alicyclic amines) is 1. The summed E-state index contributed by atoms with van der Waals surface area (Å²) < 4.78 is 0. The smallest absolute Gasteiger partial charge is 0.321 e. The predicted molar refractivity (Wildman–Crippen MR) is 90.7 cm³/mol. The van der Waals surface area contributed by atoms with E-state index in [2.05, 4.69) is 15.6 Å². The lowest BCUT2D eigenvalue weighted by molar-refractivity contribution is -0.131. The molecule has 0 aromatic carbocycles. The van der Waals surface area contributed by atoms with Crippen molar-refractivity contribution in [3.63, 3.8) is 0 Å². The Bertz CT molecular complexity index is 548. The molecule has 0 spiro atoms. The van der Waals surface area contributed by atoms with E-state index in [1.165, 1.54) is 30.6 Å². The molecule has 1 aromatic rings. The van der Waals surface area contributed by atoms with E-state index in [0.29, 0.717) is 11.6 Å². The predicted octanol–water partition coefficient (Wildman–Crippen LogP) is 2.76. The topological polar surface area (TPSA) is 74.3 Å². The fraction of sp³-hybridized carbons (Fsp3) is 0.688. The first-order valence-corrected chi connectivity index (χ1v) is 9.38. The number of anilines is 1. The van der Waals surface area contributed by atoms with Crippen LogP contribution in [-0.2, 0) is 11.2 Å². The molecule has 7 heteroatoms. The molecular weight excluding hydrogens is 312 g/mol. The van der Waals surface area contributed by atoms with Gasteiger partial charge in [0.2, 0.25) is 5.91 Å². The molecule has 3 amide bonds. The zero-order valence-corrected chi connectivity index (χ0v) is 14.2. The maximum Gasteiger partial charge on any atom is 0.321 e. The van der Waals surface area contributed by atoms with Crippen molar-refractivity contribution in [2.24, 2.45) is 0 Å². The minimum absolute atomic E-state index is 0.136. The largest absolute Gasteiger partial charge is 0.342 e. The monoisotopic (exact) mass is 336 g/mol. The van der Waals surface area contributed by atoms with Crippen LogP contribution in [0.3, 0.4) is 0 Å². The third-order valence-corrected chi connectivity index (χ3v) is 5.31. The number of thiazole rings is 1. The second-order valence-electron chi connectivity index (χ2n) is 6.34. The molecule has 2 aliphatic rings. The van der Waals surface area contributed by atoms with Crippen molar-refractivity contribution in [3.8, 4) is 0 Å². The van der Waals surface area contributed by atoms with E-state index < -0.39 is 0 Å². The maximum absolute atomic E-state index is 12.2. The Morgan fingerprint density at radius 1 is 1.17 bits per heavy atom. The molecule has 1 aliphatic carbocycles. The fourth-order valence-corrected chi connectivity index (χ4v) is 3.95. The third kappa shape index (κ3) is 4.67. The minimum atomic E-state index is -0.194. The van der Waals surface area contributed by atoms with Gasteiger partial charge in [-0.3, -0.25) is 10.1 Å². The van der Waals surface area contributed by atoms with Crippen LogP contribution in [0.1, 0.15) is 50.6 Å². The van der Waals surface area contributed by atoms with Crippen LogP contribution in [0.2, 0.25) is 0 Å². The molecule has 0 atom stereocenters. The van der Waals surface area contributed by atoms with Crippen LogP contribution in [0.15, 0.2) is 5.38 Å². The molecule has 2 N–H and O–H groups in total. The first-order valence-electron chi connectivity index (χ1n) is 8.50. The molecular formula is C16H24N4O2S. The Hall–Kier alpha value is -1.63. The SMILES string of the molecule is O=C(Nc1nc(CC(=O)N2CCCCC2)cs1)NC1CCCC1. The normalized spacial score (nSPS) is 18.9. The van der Waals surface area contributed by atoms with Crippen molar-refractivity contribution in [2.45, 2.75) is 57.4 Å². The number of amides is 3. The van der Waals surface area contributed by atoms with Crippen molar-refractivity contribution in [2.75, 3.05) is 18.4 Å². The zero-order chi connectivity index (χ0) is 16.1. The first-order chi connectivity index (χ1) is 11.2. The number of piperidine rings is 1. The highest BCUT2D eigenvalue weighted by Crippen LogP contribution is 2.19. The maximum atomic E-state index is 12.2. The van der Waals surface area contributed by atoms with Gasteiger partial charge in [0, 0.05) is 24.5 Å². The Kier molecular flexibility index (Phi) is 5.48. The summed E-state index contributed by atoms with van der Waals surface area (Å²) >= 11 is 1.37. The highest BCUT2D eigenvalue weighted by atomic mass is 32.1. The molecule has 6 nitrogen and oxygen atoms in total. The van der Waals surface area contributed by atoms with Crippen LogP contribution in [0.5, 0.6) is 0 Å². The Morgan fingerprint density at radius 3 is 2.65 bits per heavy atom. The van der Waals surface area contributed by atoms with Gasteiger partial charge >= 0.3 is 6.03 Å². The molecule has 126 valence electrons. The van der Waals surface area contributed by atoms with Gasteiger partial charge < -0.3 is 10.2 Å². The van der Waals surface area contributed by atoms with Crippen molar-refractivity contribution < 1.29 is 9.59 Å². The van der Waals surface area contributed by atoms with E-state index in [4.69, 9.17) is 0 Å². The molecule has 23 heavy (non-hydrogen) atoms. The molecule has 1 aromatic heterocycles. The van der Waals surface area contributed by atoms with E-state index in [-0.39, 0.29) is 18.0 Å². The first kappa shape index (κ1) is 16.2. The van der Waals surface area contributed by atoms with Crippen molar-refractivity contribution in [1.82, 2.24) is 15.2 Å². The highest BCUT2D eigenvalue weighted by molar-refractivity contribution is 7.13. The lowest BCUT2D eigenvalue weighted by atomic mass is 10.1. The zero-order valence-electron chi connectivity index (χ0n) is 13.3. The van der Waals surface area contributed by atoms with E-state index in [1.807, 2.05) is 10.3 Å². The van der Waals surface area contributed by atoms with Crippen molar-refractivity contribution in [1.29, 1.82) is 0 Å². The molecule has 2 fully saturated rings. The van der Waals surface area contributed by atoms with Crippen LogP contribution in [0, 0.1) is 0 Å². The molecule has 1 saturated carbocycles. The van der Waals surface area contributed by atoms with Gasteiger partial charge in [0.05, 0.1) is 12.1 Å². The van der Waals surface area contributed by atoms with E-state index in [1.54, 1.807) is 0 Å². The third-order valence-electron chi connectivity index (χ3n) is 4.50. The Balaban J connectivity index is 1.47. The van der Waals surface area contributed by atoms with E-state index >= 15 is 0 Å². The summed E-state index contributed by atoms with van der Waals surface area (Å²) in [5, 5.41) is 8.16. The van der Waals surface area contributed by atoms with Gasteiger partial charge in [-0.25, -0.2) is 9.78 Å². The number of hydrogen-bond donors (Lipinski definition) is 2. The summed E-state index contributed by atoms with van der Waals surface area (Å²) in [4.78, 5) is 30.4. The summed E-state index contributed by atoms with van der Waals surface area (Å²) in [6.07, 6.45) is 8.21. The second kappa shape index (κ2) is 7.77. The summed E-state index contributed by atoms with van der Waals surface area (Å²) in [5.74, 6) is 0.136. The average Bonchev–Trinajstić information content (AvgIpc) is 3.20. The fourth-order valence-electron chi connectivity index (χ4n) is 3.24. The van der Waals surface area contributed by atoms with Crippen LogP contribution >= 0.6 is 11.3 Å². The number of nitrogens with zero attached hydrogens (tertiary/aromatic N) is 2. The number of carbonyl (C=O) groups excluding carboxylic acids is 2. The Morgan fingerprint density at radius 2 is 1.91 bits per heavy atom. The van der Waals surface area contributed by atoms with Crippen LogP contribution in [-0.4, -0.2) is 41.0 Å². The van der Waals surface area contributed by atoms with Gasteiger partial charge in [0.15, 0.2) is 5.13 Å². The number of aromatic nitrogens is 1. The number of urea groups is 1. The van der Waals surface area contributed by atoms with Crippen LogP contribution < -0.4 is 10.6 Å². The Labute approximate surface area is 140 Å². The number of nitrogens with one attached hydrogen (secondary N) is 2. The molecule has 2 heterocycles. The summed E-state index contributed by atoms with van der Waals surface area (Å²) in [5.41, 5.74) is 0.738. The van der Waals surface area contributed by atoms with Gasteiger partial charge in [0.25, 0.3) is 0 Å². The van der Waals surface area contributed by atoms with E-state index in [0.717, 1.165) is 44.5 Å². The van der Waals surface area contributed by atoms with Crippen molar-refractivity contribution in [3.05, 3.63) is 11.1 Å². The highest BCUT2D eigenvalue weighted by Gasteiger charge is 2.19.